The zero-order valence-electron chi connectivity index (χ0n) is 20.2. The first-order valence-electron chi connectivity index (χ1n) is 11.1. The second kappa shape index (κ2) is 13.0. The number of thiazole rings is 1. The van der Waals surface area contributed by atoms with E-state index in [1.165, 1.54) is 19.4 Å². The smallest absolute Gasteiger partial charge is 0.418 e. The second-order valence-corrected chi connectivity index (χ2v) is 9.81. The monoisotopic (exact) mass is 595 g/mol. The molecule has 0 saturated carbocycles. The maximum Gasteiger partial charge on any atom is 0.418 e. The molecule has 2 aromatic rings. The summed E-state index contributed by atoms with van der Waals surface area (Å²) in [6.45, 7) is 2.18. The van der Waals surface area contributed by atoms with Gasteiger partial charge in [-0.15, -0.1) is 0 Å². The Labute approximate surface area is 230 Å². The molecular formula is C23H26Cl2F3N5O4S. The summed E-state index contributed by atoms with van der Waals surface area (Å²) < 4.78 is 58.6. The minimum absolute atomic E-state index is 0.0894. The van der Waals surface area contributed by atoms with E-state index in [1.54, 1.807) is 12.3 Å². The summed E-state index contributed by atoms with van der Waals surface area (Å²) in [6, 6.07) is 1.79. The number of rotatable bonds is 12. The van der Waals surface area contributed by atoms with E-state index in [0.29, 0.717) is 5.69 Å². The number of alkyl halides is 3. The maximum atomic E-state index is 13.8. The zero-order chi connectivity index (χ0) is 28.0. The van der Waals surface area contributed by atoms with Crippen LogP contribution in [0.4, 0.5) is 18.9 Å². The number of aromatic nitrogens is 1. The molecular weight excluding hydrogens is 570 g/mol. The van der Waals surface area contributed by atoms with Gasteiger partial charge in [-0.2, -0.15) is 13.2 Å². The second-order valence-electron chi connectivity index (χ2n) is 8.15. The van der Waals surface area contributed by atoms with E-state index in [-0.39, 0.29) is 57.7 Å². The van der Waals surface area contributed by atoms with Crippen molar-refractivity contribution in [2.24, 2.45) is 5.73 Å². The third-order valence-corrected chi connectivity index (χ3v) is 6.95. The van der Waals surface area contributed by atoms with E-state index < -0.39 is 23.9 Å². The Balaban J connectivity index is 1.91. The lowest BCUT2D eigenvalue weighted by Gasteiger charge is -2.39. The van der Waals surface area contributed by atoms with Gasteiger partial charge in [-0.05, 0) is 25.1 Å². The van der Waals surface area contributed by atoms with Crippen LogP contribution in [-0.4, -0.2) is 61.0 Å². The molecule has 1 fully saturated rings. The zero-order valence-corrected chi connectivity index (χ0v) is 22.5. The molecule has 3 unspecified atom stereocenters. The largest absolute Gasteiger partial charge is 0.486 e. The quantitative estimate of drug-likeness (QED) is 0.220. The molecule has 2 heterocycles. The number of methoxy groups -OCH3 is 1. The van der Waals surface area contributed by atoms with Crippen molar-refractivity contribution in [3.05, 3.63) is 56.8 Å². The highest BCUT2D eigenvalue weighted by Gasteiger charge is 2.38. The number of aromatic hydroxyl groups is 1. The molecule has 1 aromatic carbocycles. The highest BCUT2D eigenvalue weighted by molar-refractivity contribution is 7.11. The molecule has 0 radical (unpaired) electrons. The summed E-state index contributed by atoms with van der Waals surface area (Å²) in [7, 11) is 1.41. The summed E-state index contributed by atoms with van der Waals surface area (Å²) in [5, 5.41) is 23.9. The molecule has 208 valence electrons. The third-order valence-electron chi connectivity index (χ3n) is 5.59. The molecule has 15 heteroatoms. The first-order valence-corrected chi connectivity index (χ1v) is 12.8. The Morgan fingerprint density at radius 3 is 2.63 bits per heavy atom. The van der Waals surface area contributed by atoms with Crippen LogP contribution in [-0.2, 0) is 20.4 Å². The van der Waals surface area contributed by atoms with Gasteiger partial charge < -0.3 is 41.1 Å². The van der Waals surface area contributed by atoms with Crippen LogP contribution in [0.5, 0.6) is 5.19 Å². The molecule has 3 rings (SSSR count). The summed E-state index contributed by atoms with van der Waals surface area (Å²) in [5.41, 5.74) is 5.30. The first-order chi connectivity index (χ1) is 17.9. The number of hydrogen-bond acceptors (Lipinski definition) is 10. The van der Waals surface area contributed by atoms with E-state index in [1.807, 2.05) is 0 Å². The van der Waals surface area contributed by atoms with Gasteiger partial charge in [0.2, 0.25) is 0 Å². The predicted octanol–water partition coefficient (Wildman–Crippen LogP) is 4.85. The van der Waals surface area contributed by atoms with Gasteiger partial charge in [-0.25, -0.2) is 4.98 Å². The molecule has 1 aliphatic rings. The fourth-order valence-corrected chi connectivity index (χ4v) is 4.36. The summed E-state index contributed by atoms with van der Waals surface area (Å²) in [4.78, 5) is 3.89. The van der Waals surface area contributed by atoms with Gasteiger partial charge in [0.1, 0.15) is 24.0 Å². The van der Waals surface area contributed by atoms with Gasteiger partial charge in [0.25, 0.3) is 5.19 Å². The number of nitrogens with one attached hydrogen (secondary N) is 3. The number of allylic oxidation sites excluding steroid dienone is 1. The number of anilines is 1. The molecule has 0 amide bonds. The van der Waals surface area contributed by atoms with Crippen molar-refractivity contribution in [2.75, 3.05) is 25.6 Å². The van der Waals surface area contributed by atoms with Crippen LogP contribution in [0.3, 0.4) is 0 Å². The highest BCUT2D eigenvalue weighted by atomic mass is 35.5. The summed E-state index contributed by atoms with van der Waals surface area (Å²) in [6.07, 6.45) is -3.47. The molecule has 1 aromatic heterocycles. The van der Waals surface area contributed by atoms with E-state index in [0.717, 1.165) is 29.7 Å². The minimum atomic E-state index is -4.74. The molecule has 1 saturated heterocycles. The topological polar surface area (TPSA) is 135 Å². The number of benzene rings is 1. The molecule has 0 bridgehead atoms. The van der Waals surface area contributed by atoms with Crippen molar-refractivity contribution in [2.45, 2.75) is 37.5 Å². The van der Waals surface area contributed by atoms with Crippen molar-refractivity contribution < 1.29 is 32.5 Å². The van der Waals surface area contributed by atoms with E-state index in [4.69, 9.17) is 48.6 Å². The van der Waals surface area contributed by atoms with Crippen LogP contribution in [0.2, 0.25) is 10.0 Å². The number of nitrogens with two attached hydrogens (primary N) is 1. The van der Waals surface area contributed by atoms with Gasteiger partial charge in [-0.3, -0.25) is 0 Å². The normalized spacial score (nSPS) is 20.0. The van der Waals surface area contributed by atoms with Gasteiger partial charge in [0, 0.05) is 37.1 Å². The molecule has 0 aliphatic carbocycles. The lowest BCUT2D eigenvalue weighted by Crippen LogP contribution is -2.51. The fraction of sp³-hybridized carbons (Fsp3) is 0.391. The summed E-state index contributed by atoms with van der Waals surface area (Å²) in [5.74, 6) is 0. The fourth-order valence-electron chi connectivity index (χ4n) is 3.47. The van der Waals surface area contributed by atoms with Gasteiger partial charge >= 0.3 is 6.18 Å². The number of halogens is 5. The average Bonchev–Trinajstić information content (AvgIpc) is 3.29. The van der Waals surface area contributed by atoms with Crippen molar-refractivity contribution >= 4 is 52.1 Å². The molecule has 6 N–H and O–H groups in total. The van der Waals surface area contributed by atoms with Crippen LogP contribution in [0.1, 0.15) is 18.2 Å². The van der Waals surface area contributed by atoms with Gasteiger partial charge in [0.05, 0.1) is 39.7 Å². The van der Waals surface area contributed by atoms with Crippen LogP contribution in [0.25, 0.3) is 5.70 Å². The lowest BCUT2D eigenvalue weighted by atomic mass is 10.1. The van der Waals surface area contributed by atoms with Crippen LogP contribution in [0, 0.1) is 5.41 Å². The van der Waals surface area contributed by atoms with Gasteiger partial charge in [0.15, 0.2) is 0 Å². The first kappa shape index (κ1) is 30.0. The van der Waals surface area contributed by atoms with Crippen LogP contribution < -0.4 is 16.4 Å². The Morgan fingerprint density at radius 1 is 1.39 bits per heavy atom. The van der Waals surface area contributed by atoms with Crippen molar-refractivity contribution in [3.8, 4) is 5.19 Å². The Kier molecular flexibility index (Phi) is 10.3. The van der Waals surface area contributed by atoms with Crippen LogP contribution in [0.15, 0.2) is 35.5 Å². The average molecular weight is 596 g/mol. The standard InChI is InChI=1S/C23H26Cl2F3N5O4S/c1-11-20(9-36-11)37-21(19(35-2)8-31-7-15(30)18-10-38-22(34)33-18)16(3-4-29)32-17-6-14(25)13(24)5-12(17)23(26,27)28/h3-7,10-11,19-21,29,31-32H,8-9,30H2,1-2H3,(H,33,34)/b15-7-,16-3-,29-4?/t11?,19-,20?,21?/m0/s1. The van der Waals surface area contributed by atoms with Crippen molar-refractivity contribution in [3.63, 3.8) is 0 Å². The van der Waals surface area contributed by atoms with Crippen molar-refractivity contribution in [1.82, 2.24) is 10.3 Å². The molecule has 9 nitrogen and oxygen atoms in total. The van der Waals surface area contributed by atoms with E-state index >= 15 is 0 Å². The van der Waals surface area contributed by atoms with E-state index in [2.05, 4.69) is 15.6 Å². The van der Waals surface area contributed by atoms with E-state index in [9.17, 15) is 18.3 Å². The minimum Gasteiger partial charge on any atom is -0.486 e. The molecule has 0 spiro atoms. The Hall–Kier alpha value is -2.55. The predicted molar refractivity (Wildman–Crippen MR) is 141 cm³/mol. The lowest BCUT2D eigenvalue weighted by molar-refractivity contribution is -0.207. The van der Waals surface area contributed by atoms with Crippen LogP contribution >= 0.6 is 34.5 Å². The maximum absolute atomic E-state index is 13.8. The molecule has 38 heavy (non-hydrogen) atoms. The SMILES string of the molecule is CO[C@@H](CN/C=C(\N)c1csc(O)n1)C(OC1COC1C)/C(=C/C=N)Nc1cc(Cl)c(Cl)cc1C(F)(F)F. The Morgan fingerprint density at radius 2 is 2.11 bits per heavy atom. The van der Waals surface area contributed by atoms with Crippen molar-refractivity contribution in [1.29, 1.82) is 5.41 Å². The number of ether oxygens (including phenoxy) is 3. The highest BCUT2D eigenvalue weighted by Crippen LogP contribution is 2.40. The Bertz CT molecular complexity index is 1190. The molecule has 1 aliphatic heterocycles. The molecule has 4 atom stereocenters. The van der Waals surface area contributed by atoms with Gasteiger partial charge in [-0.1, -0.05) is 34.5 Å². The third kappa shape index (κ3) is 7.52. The number of nitrogens with zero attached hydrogens (tertiary/aromatic N) is 1. The number of hydrogen-bond donors (Lipinski definition) is 5. The summed E-state index contributed by atoms with van der Waals surface area (Å²) >= 11 is 12.9.